The summed E-state index contributed by atoms with van der Waals surface area (Å²) in [4.78, 5) is 50.6. The molecule has 3 rings (SSSR count). The standard InChI is InChI=1S/C39H61N7O4/c1-5-6-7-8-9-10-11-12-13-14-15-16-17-18-19-23-36(47)40-24-21-25-41-37(48)34-27-31(29-45(34)3)43-39(50)35-28-32(30-46(35)4)42-38(49)33-22-20-26-44(33)2/h20,22,26-30H,5-19,21,23-25H2,1-4H3,(H,40,47)(H,41,48)(H,42,49)(H,43,50). The van der Waals surface area contributed by atoms with Gasteiger partial charge in [0.05, 0.1) is 11.4 Å². The second-order valence-corrected chi connectivity index (χ2v) is 13.5. The van der Waals surface area contributed by atoms with Crippen molar-refractivity contribution in [3.63, 3.8) is 0 Å². The van der Waals surface area contributed by atoms with Crippen molar-refractivity contribution in [1.82, 2.24) is 24.3 Å². The number of hydrogen-bond acceptors (Lipinski definition) is 4. The SMILES string of the molecule is CCCCCCCCCCCCCCCCCC(=O)NCCCNC(=O)c1cc(NC(=O)c2cc(NC(=O)c3cccn3C)cn2C)cn1C. The molecule has 0 aliphatic rings. The van der Waals surface area contributed by atoms with E-state index >= 15 is 0 Å². The zero-order valence-corrected chi connectivity index (χ0v) is 31.0. The summed E-state index contributed by atoms with van der Waals surface area (Å²) in [5.74, 6) is -0.838. The molecule has 3 aromatic heterocycles. The van der Waals surface area contributed by atoms with Gasteiger partial charge in [-0.15, -0.1) is 0 Å². The molecule has 0 fully saturated rings. The normalized spacial score (nSPS) is 11.0. The lowest BCUT2D eigenvalue weighted by atomic mass is 10.0. The van der Waals surface area contributed by atoms with Gasteiger partial charge in [0.1, 0.15) is 17.1 Å². The Bertz CT molecular complexity index is 1480. The van der Waals surface area contributed by atoms with Crippen LogP contribution in [0.4, 0.5) is 11.4 Å². The summed E-state index contributed by atoms with van der Waals surface area (Å²) in [5.41, 5.74) is 2.23. The number of aromatic nitrogens is 3. The third-order valence-corrected chi connectivity index (χ3v) is 9.14. The fourth-order valence-electron chi connectivity index (χ4n) is 6.16. The summed E-state index contributed by atoms with van der Waals surface area (Å²) in [5, 5.41) is 11.5. The van der Waals surface area contributed by atoms with E-state index in [1.54, 1.807) is 77.7 Å². The maximum Gasteiger partial charge on any atom is 0.272 e. The molecule has 0 saturated carbocycles. The quantitative estimate of drug-likeness (QED) is 0.0678. The summed E-state index contributed by atoms with van der Waals surface area (Å²) in [6.45, 7) is 3.20. The van der Waals surface area contributed by atoms with Gasteiger partial charge in [-0.2, -0.15) is 0 Å². The number of amides is 4. The molecule has 4 N–H and O–H groups in total. The average Bonchev–Trinajstić information content (AvgIpc) is 3.79. The van der Waals surface area contributed by atoms with E-state index in [0.717, 1.165) is 12.8 Å². The molecule has 3 heterocycles. The largest absolute Gasteiger partial charge is 0.356 e. The molecule has 276 valence electrons. The van der Waals surface area contributed by atoms with Crippen molar-refractivity contribution in [2.75, 3.05) is 23.7 Å². The van der Waals surface area contributed by atoms with E-state index in [9.17, 15) is 19.2 Å². The van der Waals surface area contributed by atoms with Crippen LogP contribution in [0, 0.1) is 0 Å². The van der Waals surface area contributed by atoms with Gasteiger partial charge in [-0.1, -0.05) is 96.8 Å². The smallest absolute Gasteiger partial charge is 0.272 e. The van der Waals surface area contributed by atoms with Crippen LogP contribution in [-0.4, -0.2) is 50.4 Å². The number of nitrogens with one attached hydrogen (secondary N) is 4. The van der Waals surface area contributed by atoms with Gasteiger partial charge in [0, 0.05) is 59.2 Å². The first-order chi connectivity index (χ1) is 24.2. The van der Waals surface area contributed by atoms with Gasteiger partial charge in [0.2, 0.25) is 5.91 Å². The Hall–Kier alpha value is -4.28. The van der Waals surface area contributed by atoms with Crippen molar-refractivity contribution in [2.24, 2.45) is 21.1 Å². The summed E-state index contributed by atoms with van der Waals surface area (Å²) < 4.78 is 5.00. The number of anilines is 2. The third kappa shape index (κ3) is 14.3. The lowest BCUT2D eigenvalue weighted by Crippen LogP contribution is -2.30. The van der Waals surface area contributed by atoms with Crippen molar-refractivity contribution in [1.29, 1.82) is 0 Å². The Balaban J connectivity index is 1.23. The van der Waals surface area contributed by atoms with Crippen LogP contribution in [0.2, 0.25) is 0 Å². The summed E-state index contributed by atoms with van der Waals surface area (Å²) in [7, 11) is 5.25. The van der Waals surface area contributed by atoms with Crippen LogP contribution < -0.4 is 21.3 Å². The van der Waals surface area contributed by atoms with Crippen molar-refractivity contribution >= 4 is 35.0 Å². The van der Waals surface area contributed by atoms with Gasteiger partial charge < -0.3 is 35.0 Å². The first kappa shape index (κ1) is 40.2. The predicted octanol–water partition coefficient (Wildman–Crippen LogP) is 7.70. The topological polar surface area (TPSA) is 131 Å². The molecule has 0 unspecified atom stereocenters. The van der Waals surface area contributed by atoms with Gasteiger partial charge in [0.25, 0.3) is 17.7 Å². The minimum atomic E-state index is -0.371. The number of hydrogen-bond donors (Lipinski definition) is 4. The van der Waals surface area contributed by atoms with Crippen molar-refractivity contribution in [3.05, 3.63) is 59.9 Å². The number of carbonyl (C=O) groups is 4. The van der Waals surface area contributed by atoms with E-state index in [1.165, 1.54) is 83.5 Å². The number of nitrogens with zero attached hydrogens (tertiary/aromatic N) is 3. The fourth-order valence-corrected chi connectivity index (χ4v) is 6.16. The Morgan fingerprint density at radius 2 is 1.00 bits per heavy atom. The summed E-state index contributed by atoms with van der Waals surface area (Å²) in [6, 6.07) is 6.73. The highest BCUT2D eigenvalue weighted by molar-refractivity contribution is 6.07. The van der Waals surface area contributed by atoms with Crippen LogP contribution in [0.15, 0.2) is 42.9 Å². The van der Waals surface area contributed by atoms with Gasteiger partial charge in [0.15, 0.2) is 0 Å². The van der Waals surface area contributed by atoms with Crippen LogP contribution in [0.25, 0.3) is 0 Å². The van der Waals surface area contributed by atoms with Crippen molar-refractivity contribution < 1.29 is 19.2 Å². The molecule has 3 aromatic rings. The highest BCUT2D eigenvalue weighted by Gasteiger charge is 2.18. The maximum absolute atomic E-state index is 13.0. The molecular formula is C39H61N7O4. The van der Waals surface area contributed by atoms with E-state index in [0.29, 0.717) is 54.4 Å². The minimum absolute atomic E-state index is 0.0673. The Morgan fingerprint density at radius 1 is 0.540 bits per heavy atom. The number of rotatable bonds is 25. The second kappa shape index (κ2) is 22.4. The second-order valence-electron chi connectivity index (χ2n) is 13.5. The zero-order chi connectivity index (χ0) is 36.1. The monoisotopic (exact) mass is 691 g/mol. The van der Waals surface area contributed by atoms with Crippen LogP contribution in [-0.2, 0) is 25.9 Å². The van der Waals surface area contributed by atoms with Crippen molar-refractivity contribution in [3.8, 4) is 0 Å². The highest BCUT2D eigenvalue weighted by Crippen LogP contribution is 2.19. The molecular weight excluding hydrogens is 630 g/mol. The Labute approximate surface area is 299 Å². The van der Waals surface area contributed by atoms with Gasteiger partial charge in [-0.05, 0) is 37.1 Å². The maximum atomic E-state index is 13.0. The lowest BCUT2D eigenvalue weighted by Gasteiger charge is -2.07. The van der Waals surface area contributed by atoms with E-state index in [4.69, 9.17) is 0 Å². The molecule has 0 aliphatic heterocycles. The third-order valence-electron chi connectivity index (χ3n) is 9.14. The van der Waals surface area contributed by atoms with E-state index in [2.05, 4.69) is 28.2 Å². The van der Waals surface area contributed by atoms with Crippen LogP contribution in [0.5, 0.6) is 0 Å². The van der Waals surface area contributed by atoms with Crippen LogP contribution in [0.3, 0.4) is 0 Å². The fraction of sp³-hybridized carbons (Fsp3) is 0.590. The molecule has 0 aromatic carbocycles. The first-order valence-corrected chi connectivity index (χ1v) is 18.8. The zero-order valence-electron chi connectivity index (χ0n) is 31.0. The molecule has 0 bridgehead atoms. The molecule has 0 aliphatic carbocycles. The van der Waals surface area contributed by atoms with E-state index < -0.39 is 0 Å². The van der Waals surface area contributed by atoms with Crippen molar-refractivity contribution in [2.45, 2.75) is 116 Å². The van der Waals surface area contributed by atoms with Crippen LogP contribution in [0.1, 0.15) is 148 Å². The summed E-state index contributed by atoms with van der Waals surface area (Å²) in [6.07, 6.45) is 25.9. The summed E-state index contributed by atoms with van der Waals surface area (Å²) >= 11 is 0. The van der Waals surface area contributed by atoms with Gasteiger partial charge in [-0.25, -0.2) is 0 Å². The first-order valence-electron chi connectivity index (χ1n) is 18.8. The lowest BCUT2D eigenvalue weighted by molar-refractivity contribution is -0.121. The van der Waals surface area contributed by atoms with E-state index in [-0.39, 0.29) is 23.6 Å². The van der Waals surface area contributed by atoms with Gasteiger partial charge in [-0.3, -0.25) is 19.2 Å². The average molecular weight is 692 g/mol. The Kier molecular flexibility index (Phi) is 18.0. The number of aryl methyl sites for hydroxylation is 3. The molecule has 50 heavy (non-hydrogen) atoms. The highest BCUT2D eigenvalue weighted by atomic mass is 16.2. The minimum Gasteiger partial charge on any atom is -0.356 e. The van der Waals surface area contributed by atoms with Gasteiger partial charge >= 0.3 is 0 Å². The molecule has 0 radical (unpaired) electrons. The molecule has 0 saturated heterocycles. The van der Waals surface area contributed by atoms with Crippen LogP contribution >= 0.6 is 0 Å². The molecule has 0 atom stereocenters. The number of carbonyl (C=O) groups excluding carboxylic acids is 4. The molecule has 11 heteroatoms. The number of unbranched alkanes of at least 4 members (excludes halogenated alkanes) is 14. The Morgan fingerprint density at radius 3 is 1.50 bits per heavy atom. The molecule has 11 nitrogen and oxygen atoms in total. The van der Waals surface area contributed by atoms with E-state index in [1.807, 2.05) is 0 Å². The molecule has 4 amide bonds. The predicted molar refractivity (Wildman–Crippen MR) is 202 cm³/mol. The molecule has 0 spiro atoms.